The highest BCUT2D eigenvalue weighted by atomic mass is 32.1. The monoisotopic (exact) mass is 346 g/mol. The summed E-state index contributed by atoms with van der Waals surface area (Å²) in [4.78, 5) is 18.1. The summed E-state index contributed by atoms with van der Waals surface area (Å²) in [5.41, 5.74) is 3.70. The van der Waals surface area contributed by atoms with Crippen molar-refractivity contribution in [1.29, 1.82) is 0 Å². The lowest BCUT2D eigenvalue weighted by Gasteiger charge is -2.22. The van der Waals surface area contributed by atoms with Crippen LogP contribution >= 0.6 is 11.3 Å². The number of hydrogen-bond donors (Lipinski definition) is 0. The third-order valence-electron chi connectivity index (χ3n) is 4.46. The summed E-state index contributed by atoms with van der Waals surface area (Å²) in [6.07, 6.45) is 3.92. The molecule has 122 valence electrons. The molecule has 0 fully saturated rings. The fraction of sp³-hybridized carbons (Fsp3) is 0.100. The molecule has 0 saturated heterocycles. The first kappa shape index (κ1) is 14.4. The molecule has 0 bridgehead atoms. The smallest absolute Gasteiger partial charge is 0.274 e. The average molecular weight is 346 g/mol. The molecule has 1 atom stereocenters. The predicted molar refractivity (Wildman–Crippen MR) is 101 cm³/mol. The number of thiazole rings is 1. The van der Waals surface area contributed by atoms with E-state index < -0.39 is 0 Å². The highest BCUT2D eigenvalue weighted by Crippen LogP contribution is 2.29. The molecule has 1 aliphatic rings. The van der Waals surface area contributed by atoms with Crippen molar-refractivity contribution in [1.82, 2.24) is 9.38 Å². The molecule has 25 heavy (non-hydrogen) atoms. The van der Waals surface area contributed by atoms with Gasteiger partial charge in [0.1, 0.15) is 11.9 Å². The number of ether oxygens (including phenoxy) is 1. The Morgan fingerprint density at radius 3 is 2.88 bits per heavy atom. The Bertz CT molecular complexity index is 1270. The van der Waals surface area contributed by atoms with E-state index in [0.717, 1.165) is 32.9 Å². The molecule has 4 nitrogen and oxygen atoms in total. The minimum absolute atomic E-state index is 0.0272. The van der Waals surface area contributed by atoms with Gasteiger partial charge in [-0.05, 0) is 42.8 Å². The van der Waals surface area contributed by atoms with E-state index >= 15 is 0 Å². The molecule has 0 N–H and O–H groups in total. The molecule has 0 spiro atoms. The summed E-state index contributed by atoms with van der Waals surface area (Å²) >= 11 is 1.41. The first-order valence-electron chi connectivity index (χ1n) is 8.10. The zero-order chi connectivity index (χ0) is 17.0. The first-order chi connectivity index (χ1) is 12.2. The normalized spacial score (nSPS) is 17.6. The van der Waals surface area contributed by atoms with Crippen molar-refractivity contribution >= 4 is 39.5 Å². The third-order valence-corrected chi connectivity index (χ3v) is 5.43. The molecule has 2 aromatic heterocycles. The van der Waals surface area contributed by atoms with Crippen LogP contribution in [0.1, 0.15) is 12.5 Å². The minimum Gasteiger partial charge on any atom is -0.485 e. The van der Waals surface area contributed by atoms with Gasteiger partial charge in [0.05, 0.1) is 15.6 Å². The summed E-state index contributed by atoms with van der Waals surface area (Å²) in [5.74, 6) is 0.876. The molecule has 0 aliphatic carbocycles. The standard InChI is InChI=1S/C20H14N2O2S/c1-12-14(10-13-6-2-5-9-17(13)24-12)11-18-19(23)22-16-8-4-3-7-15(16)21-20(22)25-18/h2-12H,1H3/b18-11-/t12-/m1/s1. The van der Waals surface area contributed by atoms with Crippen LogP contribution in [0, 0.1) is 0 Å². The topological polar surface area (TPSA) is 43.6 Å². The van der Waals surface area contributed by atoms with E-state index in [9.17, 15) is 4.79 Å². The van der Waals surface area contributed by atoms with E-state index in [1.165, 1.54) is 11.3 Å². The Morgan fingerprint density at radius 2 is 1.96 bits per heavy atom. The van der Waals surface area contributed by atoms with Crippen LogP contribution in [-0.2, 0) is 0 Å². The molecule has 1 aliphatic heterocycles. The van der Waals surface area contributed by atoms with E-state index in [4.69, 9.17) is 4.74 Å². The second kappa shape index (κ2) is 5.29. The van der Waals surface area contributed by atoms with Crippen LogP contribution in [0.2, 0.25) is 0 Å². The third kappa shape index (κ3) is 2.20. The molecule has 0 amide bonds. The molecule has 5 heteroatoms. The van der Waals surface area contributed by atoms with Crippen molar-refractivity contribution in [3.05, 3.63) is 74.6 Å². The van der Waals surface area contributed by atoms with Crippen molar-refractivity contribution in [2.45, 2.75) is 13.0 Å². The Hall–Kier alpha value is -2.92. The lowest BCUT2D eigenvalue weighted by molar-refractivity contribution is 0.259. The summed E-state index contributed by atoms with van der Waals surface area (Å²) < 4.78 is 8.33. The van der Waals surface area contributed by atoms with Gasteiger partial charge in [0.15, 0.2) is 4.96 Å². The molecular weight excluding hydrogens is 332 g/mol. The molecule has 5 rings (SSSR count). The van der Waals surface area contributed by atoms with Crippen LogP contribution in [0.15, 0.2) is 58.9 Å². The minimum atomic E-state index is -0.0968. The van der Waals surface area contributed by atoms with Gasteiger partial charge >= 0.3 is 0 Å². The van der Waals surface area contributed by atoms with Gasteiger partial charge in [-0.25, -0.2) is 9.38 Å². The molecular formula is C20H14N2O2S. The lowest BCUT2D eigenvalue weighted by atomic mass is 10.0. The molecule has 3 heterocycles. The molecule has 0 radical (unpaired) electrons. The Labute approximate surface area is 147 Å². The fourth-order valence-electron chi connectivity index (χ4n) is 3.18. The number of para-hydroxylation sites is 3. The van der Waals surface area contributed by atoms with Gasteiger partial charge in [0.2, 0.25) is 0 Å². The highest BCUT2D eigenvalue weighted by Gasteiger charge is 2.18. The van der Waals surface area contributed by atoms with Gasteiger partial charge in [-0.1, -0.05) is 41.7 Å². The van der Waals surface area contributed by atoms with Crippen molar-refractivity contribution in [2.75, 3.05) is 0 Å². The van der Waals surface area contributed by atoms with Crippen molar-refractivity contribution < 1.29 is 4.74 Å². The van der Waals surface area contributed by atoms with Gasteiger partial charge in [0.25, 0.3) is 5.56 Å². The maximum absolute atomic E-state index is 12.9. The summed E-state index contributed by atoms with van der Waals surface area (Å²) in [7, 11) is 0. The van der Waals surface area contributed by atoms with Gasteiger partial charge < -0.3 is 4.74 Å². The van der Waals surface area contributed by atoms with E-state index in [-0.39, 0.29) is 11.7 Å². The van der Waals surface area contributed by atoms with Crippen LogP contribution in [0.25, 0.3) is 28.1 Å². The quantitative estimate of drug-likeness (QED) is 0.531. The maximum Gasteiger partial charge on any atom is 0.274 e. The summed E-state index contributed by atoms with van der Waals surface area (Å²) in [5, 5.41) is 0. The van der Waals surface area contributed by atoms with Gasteiger partial charge in [-0.2, -0.15) is 0 Å². The van der Waals surface area contributed by atoms with Crippen molar-refractivity contribution in [3.8, 4) is 5.75 Å². The van der Waals surface area contributed by atoms with Crippen LogP contribution < -0.4 is 14.8 Å². The number of nitrogens with zero attached hydrogens (tertiary/aromatic N) is 2. The summed E-state index contributed by atoms with van der Waals surface area (Å²) in [6, 6.07) is 15.6. The largest absolute Gasteiger partial charge is 0.485 e. The number of imidazole rings is 1. The number of rotatable bonds is 1. The number of fused-ring (bicyclic) bond motifs is 4. The Kier molecular flexibility index (Phi) is 3.05. The zero-order valence-electron chi connectivity index (χ0n) is 13.5. The maximum atomic E-state index is 12.9. The Morgan fingerprint density at radius 1 is 1.16 bits per heavy atom. The fourth-order valence-corrected chi connectivity index (χ4v) is 4.17. The SMILES string of the molecule is C[C@H]1Oc2ccccc2C=C1/C=c1\sc2nc3ccccc3n2c1=O. The van der Waals surface area contributed by atoms with Gasteiger partial charge in [-0.3, -0.25) is 4.79 Å². The first-order valence-corrected chi connectivity index (χ1v) is 8.91. The number of aromatic nitrogens is 2. The Balaban J connectivity index is 1.72. The molecule has 2 aromatic carbocycles. The molecule has 4 aromatic rings. The second-order valence-corrected chi connectivity index (χ2v) is 7.09. The van der Waals surface area contributed by atoms with E-state index in [1.54, 1.807) is 4.40 Å². The lowest BCUT2D eigenvalue weighted by Crippen LogP contribution is -2.25. The van der Waals surface area contributed by atoms with Crippen molar-refractivity contribution in [2.24, 2.45) is 0 Å². The van der Waals surface area contributed by atoms with Crippen LogP contribution in [0.4, 0.5) is 0 Å². The van der Waals surface area contributed by atoms with Crippen LogP contribution in [0.3, 0.4) is 0 Å². The van der Waals surface area contributed by atoms with Crippen LogP contribution in [-0.4, -0.2) is 15.5 Å². The predicted octanol–water partition coefficient (Wildman–Crippen LogP) is 3.27. The van der Waals surface area contributed by atoms with E-state index in [1.807, 2.05) is 61.5 Å². The van der Waals surface area contributed by atoms with E-state index in [0.29, 0.717) is 4.53 Å². The molecule has 0 unspecified atom stereocenters. The van der Waals surface area contributed by atoms with E-state index in [2.05, 4.69) is 11.1 Å². The average Bonchev–Trinajstić information content (AvgIpc) is 3.12. The summed E-state index contributed by atoms with van der Waals surface area (Å²) in [6.45, 7) is 2.00. The van der Waals surface area contributed by atoms with Crippen LogP contribution in [0.5, 0.6) is 5.75 Å². The highest BCUT2D eigenvalue weighted by molar-refractivity contribution is 7.15. The number of hydrogen-bond acceptors (Lipinski definition) is 4. The zero-order valence-corrected chi connectivity index (χ0v) is 14.3. The number of benzene rings is 2. The van der Waals surface area contributed by atoms with Gasteiger partial charge in [0, 0.05) is 5.56 Å². The second-order valence-electron chi connectivity index (χ2n) is 6.08. The van der Waals surface area contributed by atoms with Gasteiger partial charge in [-0.15, -0.1) is 0 Å². The van der Waals surface area contributed by atoms with Crippen molar-refractivity contribution in [3.63, 3.8) is 0 Å². The molecule has 0 saturated carbocycles.